The average molecular weight is 305 g/mol. The summed E-state index contributed by atoms with van der Waals surface area (Å²) in [6.45, 7) is 7.38. The van der Waals surface area contributed by atoms with Gasteiger partial charge < -0.3 is 14.7 Å². The van der Waals surface area contributed by atoms with Crippen LogP contribution in [0.5, 0.6) is 5.75 Å². The number of carbonyl (C=O) groups excluding carboxylic acids is 1. The van der Waals surface area contributed by atoms with Crippen molar-refractivity contribution in [2.45, 2.75) is 52.2 Å². The molecule has 0 bridgehead atoms. The summed E-state index contributed by atoms with van der Waals surface area (Å²) in [6.07, 6.45) is 1.43. The number of carbonyl (C=O) groups is 1. The fourth-order valence-corrected chi connectivity index (χ4v) is 2.82. The van der Waals surface area contributed by atoms with Gasteiger partial charge in [-0.25, -0.2) is 0 Å². The van der Waals surface area contributed by atoms with E-state index in [9.17, 15) is 9.90 Å². The maximum absolute atomic E-state index is 12.2. The highest BCUT2D eigenvalue weighted by Crippen LogP contribution is 2.22. The Labute approximate surface area is 133 Å². The second-order valence-corrected chi connectivity index (χ2v) is 6.55. The Hall–Kier alpha value is -1.55. The maximum Gasteiger partial charge on any atom is 0.251 e. The molecule has 2 rings (SSSR count). The smallest absolute Gasteiger partial charge is 0.251 e. The Morgan fingerprint density at radius 3 is 2.55 bits per heavy atom. The Morgan fingerprint density at radius 2 is 1.95 bits per heavy atom. The first kappa shape index (κ1) is 16.8. The number of likely N-dealkylation sites (tertiary alicyclic amines) is 1. The quantitative estimate of drug-likeness (QED) is 0.910. The third-order valence-electron chi connectivity index (χ3n) is 4.12. The molecule has 122 valence electrons. The van der Waals surface area contributed by atoms with Crippen LogP contribution in [0.25, 0.3) is 0 Å². The van der Waals surface area contributed by atoms with Gasteiger partial charge in [-0.05, 0) is 30.9 Å². The van der Waals surface area contributed by atoms with Crippen LogP contribution in [0, 0.1) is 12.8 Å². The van der Waals surface area contributed by atoms with Crippen LogP contribution in [-0.4, -0.2) is 41.2 Å². The van der Waals surface area contributed by atoms with E-state index in [4.69, 9.17) is 4.74 Å². The summed E-state index contributed by atoms with van der Waals surface area (Å²) in [6, 6.07) is 8.00. The zero-order chi connectivity index (χ0) is 16.1. The van der Waals surface area contributed by atoms with E-state index in [-0.39, 0.29) is 12.0 Å². The molecule has 1 fully saturated rings. The molecule has 1 heterocycles. The van der Waals surface area contributed by atoms with Crippen molar-refractivity contribution < 1.29 is 14.6 Å². The van der Waals surface area contributed by atoms with Crippen molar-refractivity contribution in [2.24, 2.45) is 5.92 Å². The number of benzene rings is 1. The second-order valence-electron chi connectivity index (χ2n) is 6.55. The first-order chi connectivity index (χ1) is 10.5. The largest absolute Gasteiger partial charge is 0.490 e. The highest BCUT2D eigenvalue weighted by molar-refractivity contribution is 5.80. The van der Waals surface area contributed by atoms with E-state index in [0.29, 0.717) is 25.4 Å². The minimum atomic E-state index is -0.867. The van der Waals surface area contributed by atoms with E-state index in [1.807, 2.05) is 45.0 Å². The first-order valence-corrected chi connectivity index (χ1v) is 8.16. The fourth-order valence-electron chi connectivity index (χ4n) is 2.82. The predicted molar refractivity (Wildman–Crippen MR) is 86.9 cm³/mol. The van der Waals surface area contributed by atoms with E-state index in [2.05, 4.69) is 0 Å². The summed E-state index contributed by atoms with van der Waals surface area (Å²) in [7, 11) is 0. The number of para-hydroxylation sites is 1. The van der Waals surface area contributed by atoms with Crippen LogP contribution < -0.4 is 4.74 Å². The number of amides is 1. The topological polar surface area (TPSA) is 49.8 Å². The Kier molecular flexibility index (Phi) is 5.83. The zero-order valence-electron chi connectivity index (χ0n) is 13.8. The minimum Gasteiger partial charge on any atom is -0.490 e. The maximum atomic E-state index is 12.2. The van der Waals surface area contributed by atoms with E-state index in [0.717, 1.165) is 24.2 Å². The van der Waals surface area contributed by atoms with Gasteiger partial charge in [-0.1, -0.05) is 32.0 Å². The number of hydrogen-bond acceptors (Lipinski definition) is 3. The molecule has 4 nitrogen and oxygen atoms in total. The molecule has 1 saturated heterocycles. The molecule has 1 aromatic rings. The molecule has 4 heteroatoms. The van der Waals surface area contributed by atoms with Gasteiger partial charge in [0.25, 0.3) is 5.91 Å². The van der Waals surface area contributed by atoms with Crippen LogP contribution in [0.4, 0.5) is 0 Å². The van der Waals surface area contributed by atoms with Crippen LogP contribution in [0.3, 0.4) is 0 Å². The van der Waals surface area contributed by atoms with Crippen LogP contribution in [-0.2, 0) is 4.79 Å². The molecular formula is C18H27NO3. The highest BCUT2D eigenvalue weighted by Gasteiger charge is 2.28. The Bertz CT molecular complexity index is 493. The lowest BCUT2D eigenvalue weighted by molar-refractivity contribution is -0.142. The summed E-state index contributed by atoms with van der Waals surface area (Å²) in [5, 5.41) is 9.96. The van der Waals surface area contributed by atoms with Crippen LogP contribution in [0.1, 0.15) is 38.7 Å². The number of aryl methyl sites for hydroxylation is 1. The van der Waals surface area contributed by atoms with Gasteiger partial charge in [0.2, 0.25) is 0 Å². The van der Waals surface area contributed by atoms with Gasteiger partial charge >= 0.3 is 0 Å². The van der Waals surface area contributed by atoms with Crippen molar-refractivity contribution in [1.29, 1.82) is 0 Å². The molecule has 0 spiro atoms. The highest BCUT2D eigenvalue weighted by atomic mass is 16.5. The van der Waals surface area contributed by atoms with Gasteiger partial charge in [-0.15, -0.1) is 0 Å². The summed E-state index contributed by atoms with van der Waals surface area (Å²) >= 11 is 0. The molecule has 1 aliphatic heterocycles. The molecule has 1 N–H and O–H groups in total. The van der Waals surface area contributed by atoms with Crippen molar-refractivity contribution >= 4 is 5.91 Å². The first-order valence-electron chi connectivity index (χ1n) is 8.16. The standard InChI is InChI=1S/C18H27NO3/c1-13(2)12-16(20)18(21)19-10-8-15(9-11-19)22-17-7-5-4-6-14(17)3/h4-7,13,15-16,20H,8-12H2,1-3H3/t16-/m0/s1. The third-order valence-corrected chi connectivity index (χ3v) is 4.12. The van der Waals surface area contributed by atoms with E-state index >= 15 is 0 Å². The lowest BCUT2D eigenvalue weighted by atomic mass is 10.0. The zero-order valence-corrected chi connectivity index (χ0v) is 13.8. The summed E-state index contributed by atoms with van der Waals surface area (Å²) < 4.78 is 6.04. The van der Waals surface area contributed by atoms with Gasteiger partial charge in [-0.2, -0.15) is 0 Å². The summed E-state index contributed by atoms with van der Waals surface area (Å²) in [5.74, 6) is 1.11. The normalized spacial score (nSPS) is 17.6. The molecule has 1 atom stereocenters. The summed E-state index contributed by atoms with van der Waals surface area (Å²) in [4.78, 5) is 14.0. The van der Waals surface area contributed by atoms with E-state index in [1.165, 1.54) is 0 Å². The average Bonchev–Trinajstić information content (AvgIpc) is 2.49. The minimum absolute atomic E-state index is 0.136. The molecule has 0 radical (unpaired) electrons. The monoisotopic (exact) mass is 305 g/mol. The lowest BCUT2D eigenvalue weighted by Crippen LogP contribution is -2.46. The lowest BCUT2D eigenvalue weighted by Gasteiger charge is -2.33. The fraction of sp³-hybridized carbons (Fsp3) is 0.611. The summed E-state index contributed by atoms with van der Waals surface area (Å²) in [5.41, 5.74) is 1.13. The van der Waals surface area contributed by atoms with Crippen molar-refractivity contribution in [3.05, 3.63) is 29.8 Å². The van der Waals surface area contributed by atoms with Gasteiger partial charge in [0.05, 0.1) is 0 Å². The molecule has 22 heavy (non-hydrogen) atoms. The number of ether oxygens (including phenoxy) is 1. The number of hydrogen-bond donors (Lipinski definition) is 1. The van der Waals surface area contributed by atoms with E-state index in [1.54, 1.807) is 4.90 Å². The van der Waals surface area contributed by atoms with Gasteiger partial charge in [0, 0.05) is 25.9 Å². The molecule has 0 aromatic heterocycles. The van der Waals surface area contributed by atoms with Crippen LogP contribution in [0.2, 0.25) is 0 Å². The molecule has 0 aliphatic carbocycles. The number of aliphatic hydroxyl groups excluding tert-OH is 1. The Morgan fingerprint density at radius 1 is 1.32 bits per heavy atom. The molecule has 0 saturated carbocycles. The molecule has 1 aliphatic rings. The van der Waals surface area contributed by atoms with Crippen molar-refractivity contribution in [3.63, 3.8) is 0 Å². The Balaban J connectivity index is 1.83. The van der Waals surface area contributed by atoms with Crippen LogP contribution in [0.15, 0.2) is 24.3 Å². The van der Waals surface area contributed by atoms with Gasteiger partial charge in [-0.3, -0.25) is 4.79 Å². The van der Waals surface area contributed by atoms with Crippen molar-refractivity contribution in [3.8, 4) is 5.75 Å². The van der Waals surface area contributed by atoms with E-state index < -0.39 is 6.10 Å². The van der Waals surface area contributed by atoms with Crippen LogP contribution >= 0.6 is 0 Å². The number of piperidine rings is 1. The SMILES string of the molecule is Cc1ccccc1OC1CCN(C(=O)[C@@H](O)CC(C)C)CC1. The van der Waals surface area contributed by atoms with Crippen molar-refractivity contribution in [1.82, 2.24) is 4.90 Å². The predicted octanol–water partition coefficient (Wildman–Crippen LogP) is 2.77. The molecule has 1 amide bonds. The number of aliphatic hydroxyl groups is 1. The molecule has 0 unspecified atom stereocenters. The van der Waals surface area contributed by atoms with Crippen molar-refractivity contribution in [2.75, 3.05) is 13.1 Å². The molecular weight excluding hydrogens is 278 g/mol. The second kappa shape index (κ2) is 7.63. The van der Waals surface area contributed by atoms with Gasteiger partial charge in [0.15, 0.2) is 0 Å². The number of rotatable bonds is 5. The van der Waals surface area contributed by atoms with Gasteiger partial charge in [0.1, 0.15) is 18.0 Å². The molecule has 1 aromatic carbocycles. The third kappa shape index (κ3) is 4.47. The number of nitrogens with zero attached hydrogens (tertiary/aromatic N) is 1.